The zero-order valence-corrected chi connectivity index (χ0v) is 11.1. The molecule has 0 aliphatic carbocycles. The Morgan fingerprint density at radius 1 is 1.44 bits per heavy atom. The lowest BCUT2D eigenvalue weighted by Crippen LogP contribution is -2.20. The summed E-state index contributed by atoms with van der Waals surface area (Å²) < 4.78 is 1.95. The van der Waals surface area contributed by atoms with Gasteiger partial charge in [0.2, 0.25) is 0 Å². The van der Waals surface area contributed by atoms with Crippen LogP contribution in [-0.2, 0) is 20.2 Å². The molecule has 1 N–H and O–H groups in total. The number of aromatic nitrogens is 3. The molecular formula is C12H15ClN4O. The van der Waals surface area contributed by atoms with E-state index in [1.807, 2.05) is 29.8 Å². The molecule has 2 aromatic rings. The molecule has 0 saturated carbocycles. The smallest absolute Gasteiger partial charge is 0.147 e. The topological polar surface area (TPSA) is 54.2 Å². The van der Waals surface area contributed by atoms with E-state index in [1.54, 1.807) is 18.5 Å². The van der Waals surface area contributed by atoms with Gasteiger partial charge in [-0.05, 0) is 11.6 Å². The molecule has 0 bridgehead atoms. The first kappa shape index (κ1) is 12.9. The van der Waals surface area contributed by atoms with Crippen molar-refractivity contribution < 1.29 is 5.11 Å². The monoisotopic (exact) mass is 266 g/mol. The Morgan fingerprint density at radius 2 is 2.22 bits per heavy atom. The molecule has 0 aliphatic rings. The normalized spacial score (nSPS) is 10.7. The van der Waals surface area contributed by atoms with Crippen molar-refractivity contribution in [3.63, 3.8) is 0 Å². The van der Waals surface area contributed by atoms with Crippen molar-refractivity contribution in [1.82, 2.24) is 14.5 Å². The average molecular weight is 267 g/mol. The Bertz CT molecular complexity index is 541. The molecule has 0 aliphatic heterocycles. The van der Waals surface area contributed by atoms with Gasteiger partial charge in [-0.25, -0.2) is 9.97 Å². The van der Waals surface area contributed by atoms with Crippen LogP contribution in [0.3, 0.4) is 0 Å². The summed E-state index contributed by atoms with van der Waals surface area (Å²) in [5, 5.41) is 9.54. The number of halogens is 1. The Kier molecular flexibility index (Phi) is 3.84. The first-order valence-corrected chi connectivity index (χ1v) is 5.92. The van der Waals surface area contributed by atoms with Crippen LogP contribution in [0.5, 0.6) is 0 Å². The minimum absolute atomic E-state index is 0.0594. The van der Waals surface area contributed by atoms with E-state index < -0.39 is 0 Å². The van der Waals surface area contributed by atoms with Crippen molar-refractivity contribution in [3.05, 3.63) is 41.1 Å². The van der Waals surface area contributed by atoms with Crippen molar-refractivity contribution in [2.45, 2.75) is 13.2 Å². The van der Waals surface area contributed by atoms with Crippen LogP contribution < -0.4 is 4.90 Å². The molecule has 0 amide bonds. The van der Waals surface area contributed by atoms with Crippen LogP contribution in [0.4, 0.5) is 5.82 Å². The van der Waals surface area contributed by atoms with Crippen molar-refractivity contribution >= 4 is 17.4 Å². The first-order valence-electron chi connectivity index (χ1n) is 5.54. The minimum atomic E-state index is -0.0594. The van der Waals surface area contributed by atoms with E-state index >= 15 is 0 Å². The van der Waals surface area contributed by atoms with Crippen LogP contribution in [0.2, 0.25) is 5.02 Å². The molecule has 2 rings (SSSR count). The third-order valence-corrected chi connectivity index (χ3v) is 3.00. The molecule has 2 heterocycles. The second kappa shape index (κ2) is 5.37. The minimum Gasteiger partial charge on any atom is -0.392 e. The number of hydrogen-bond acceptors (Lipinski definition) is 4. The number of anilines is 1. The fourth-order valence-corrected chi connectivity index (χ4v) is 2.01. The number of rotatable bonds is 4. The van der Waals surface area contributed by atoms with Crippen molar-refractivity contribution in [3.8, 4) is 0 Å². The lowest BCUT2D eigenvalue weighted by Gasteiger charge is -2.19. The first-order chi connectivity index (χ1) is 8.61. The standard InChI is InChI=1S/C12H15ClN4O/c1-16-4-3-14-11(16)7-17(2)12-10(13)5-9(8-18)6-15-12/h3-6,18H,7-8H2,1-2H3. The highest BCUT2D eigenvalue weighted by molar-refractivity contribution is 6.33. The maximum absolute atomic E-state index is 9.01. The highest BCUT2D eigenvalue weighted by Crippen LogP contribution is 2.24. The van der Waals surface area contributed by atoms with Gasteiger partial charge in [0.15, 0.2) is 0 Å². The maximum atomic E-state index is 9.01. The summed E-state index contributed by atoms with van der Waals surface area (Å²) >= 11 is 6.14. The number of aliphatic hydroxyl groups is 1. The molecule has 0 radical (unpaired) electrons. The van der Waals surface area contributed by atoms with Crippen LogP contribution in [0.15, 0.2) is 24.7 Å². The molecule has 2 aromatic heterocycles. The second-order valence-corrected chi connectivity index (χ2v) is 4.52. The van der Waals surface area contributed by atoms with Crippen molar-refractivity contribution in [2.24, 2.45) is 7.05 Å². The lowest BCUT2D eigenvalue weighted by atomic mass is 10.3. The Hall–Kier alpha value is -1.59. The highest BCUT2D eigenvalue weighted by atomic mass is 35.5. The molecule has 0 unspecified atom stereocenters. The van der Waals surface area contributed by atoms with Crippen LogP contribution in [0, 0.1) is 0 Å². The third-order valence-electron chi connectivity index (χ3n) is 2.72. The number of aryl methyl sites for hydroxylation is 1. The fourth-order valence-electron chi connectivity index (χ4n) is 1.67. The van der Waals surface area contributed by atoms with Crippen molar-refractivity contribution in [1.29, 1.82) is 0 Å². The lowest BCUT2D eigenvalue weighted by molar-refractivity contribution is 0.281. The van der Waals surface area contributed by atoms with Crippen LogP contribution in [-0.4, -0.2) is 26.7 Å². The Balaban J connectivity index is 2.19. The van der Waals surface area contributed by atoms with Gasteiger partial charge in [-0.15, -0.1) is 0 Å². The van der Waals surface area contributed by atoms with Gasteiger partial charge >= 0.3 is 0 Å². The highest BCUT2D eigenvalue weighted by Gasteiger charge is 2.11. The summed E-state index contributed by atoms with van der Waals surface area (Å²) in [5.74, 6) is 1.61. The predicted molar refractivity (Wildman–Crippen MR) is 70.5 cm³/mol. The molecule has 0 saturated heterocycles. The molecule has 0 atom stereocenters. The van der Waals surface area contributed by atoms with Gasteiger partial charge in [-0.2, -0.15) is 0 Å². The van der Waals surface area contributed by atoms with Gasteiger partial charge < -0.3 is 14.6 Å². The third kappa shape index (κ3) is 2.63. The van der Waals surface area contributed by atoms with Crippen LogP contribution >= 0.6 is 11.6 Å². The number of hydrogen-bond donors (Lipinski definition) is 1. The van der Waals surface area contributed by atoms with Gasteiger partial charge in [-0.3, -0.25) is 0 Å². The molecule has 18 heavy (non-hydrogen) atoms. The van der Waals surface area contributed by atoms with Crippen molar-refractivity contribution in [2.75, 3.05) is 11.9 Å². The number of pyridine rings is 1. The molecule has 0 aromatic carbocycles. The van der Waals surface area contributed by atoms with E-state index in [0.717, 1.165) is 5.82 Å². The van der Waals surface area contributed by atoms with Crippen LogP contribution in [0.25, 0.3) is 0 Å². The molecule has 0 fully saturated rings. The largest absolute Gasteiger partial charge is 0.392 e. The second-order valence-electron chi connectivity index (χ2n) is 4.12. The Labute approximate surface area is 111 Å². The molecular weight excluding hydrogens is 252 g/mol. The molecule has 0 spiro atoms. The van der Waals surface area contributed by atoms with Gasteiger partial charge in [0, 0.05) is 32.7 Å². The summed E-state index contributed by atoms with van der Waals surface area (Å²) in [6.07, 6.45) is 5.27. The molecule has 5 nitrogen and oxygen atoms in total. The number of imidazole rings is 1. The zero-order chi connectivity index (χ0) is 13.1. The zero-order valence-electron chi connectivity index (χ0n) is 10.3. The van der Waals surface area contributed by atoms with E-state index in [0.29, 0.717) is 22.9 Å². The van der Waals surface area contributed by atoms with E-state index in [4.69, 9.17) is 16.7 Å². The summed E-state index contributed by atoms with van der Waals surface area (Å²) in [6, 6.07) is 1.72. The fraction of sp³-hybridized carbons (Fsp3) is 0.333. The summed E-state index contributed by atoms with van der Waals surface area (Å²) in [7, 11) is 3.85. The molecule has 6 heteroatoms. The van der Waals surface area contributed by atoms with Crippen LogP contribution in [0.1, 0.15) is 11.4 Å². The summed E-state index contributed by atoms with van der Waals surface area (Å²) in [5.41, 5.74) is 0.703. The average Bonchev–Trinajstić information content (AvgIpc) is 2.74. The van der Waals surface area contributed by atoms with Gasteiger partial charge in [-0.1, -0.05) is 11.6 Å². The van der Waals surface area contributed by atoms with Gasteiger partial charge in [0.05, 0.1) is 18.2 Å². The SMILES string of the molecule is CN(Cc1nccn1C)c1ncc(CO)cc1Cl. The predicted octanol–water partition coefficient (Wildman–Crippen LogP) is 1.60. The number of aliphatic hydroxyl groups excluding tert-OH is 1. The number of nitrogens with zero attached hydrogens (tertiary/aromatic N) is 4. The van der Waals surface area contributed by atoms with Gasteiger partial charge in [0.1, 0.15) is 11.6 Å². The molecule has 96 valence electrons. The van der Waals surface area contributed by atoms with E-state index in [-0.39, 0.29) is 6.61 Å². The van der Waals surface area contributed by atoms with E-state index in [1.165, 1.54) is 0 Å². The Morgan fingerprint density at radius 3 is 2.78 bits per heavy atom. The summed E-state index contributed by atoms with van der Waals surface area (Å²) in [4.78, 5) is 10.4. The quantitative estimate of drug-likeness (QED) is 0.913. The van der Waals surface area contributed by atoms with E-state index in [2.05, 4.69) is 9.97 Å². The maximum Gasteiger partial charge on any atom is 0.147 e. The van der Waals surface area contributed by atoms with E-state index in [9.17, 15) is 0 Å². The summed E-state index contributed by atoms with van der Waals surface area (Å²) in [6.45, 7) is 0.560. The van der Waals surface area contributed by atoms with Gasteiger partial charge in [0.25, 0.3) is 0 Å².